The molecule has 3 nitrogen and oxygen atoms in total. The molecule has 26 heavy (non-hydrogen) atoms. The average molecular weight is 404 g/mol. The van der Waals surface area contributed by atoms with Gasteiger partial charge in [0.05, 0.1) is 7.11 Å². The maximum Gasteiger partial charge on any atom is 0.490 e. The van der Waals surface area contributed by atoms with Crippen molar-refractivity contribution in [2.75, 3.05) is 7.11 Å². The van der Waals surface area contributed by atoms with Crippen molar-refractivity contribution in [3.63, 3.8) is 0 Å². The van der Waals surface area contributed by atoms with Crippen LogP contribution in [0.2, 0.25) is 0 Å². The van der Waals surface area contributed by atoms with Crippen LogP contribution in [-0.2, 0) is 9.53 Å². The lowest BCUT2D eigenvalue weighted by atomic mass is 9.79. The highest BCUT2D eigenvalue weighted by molar-refractivity contribution is 5.75. The Morgan fingerprint density at radius 3 is 1.69 bits per heavy atom. The summed E-state index contributed by atoms with van der Waals surface area (Å²) in [7, 11) is 0.676. The minimum Gasteiger partial charge on any atom is -0.462 e. The standard InChI is InChI=1S/C11H14F6O.C3H3F3O2/c12-10(13,14)9(18,11(15,16)17)5-8-4-6-1-2-7(8)3-6;1-8-2(7)3(4,5)6/h6-8,18H,1-5H2;1H3. The summed E-state index contributed by atoms with van der Waals surface area (Å²) in [5, 5.41) is 9.12. The topological polar surface area (TPSA) is 46.5 Å². The molecule has 0 spiro atoms. The molecule has 2 saturated carbocycles. The third kappa shape index (κ3) is 4.95. The van der Waals surface area contributed by atoms with Crippen LogP contribution >= 0.6 is 0 Å². The second-order valence-corrected chi connectivity index (χ2v) is 6.48. The fourth-order valence-electron chi connectivity index (χ4n) is 3.51. The number of hydrogen-bond donors (Lipinski definition) is 1. The van der Waals surface area contributed by atoms with E-state index in [1.54, 1.807) is 0 Å². The van der Waals surface area contributed by atoms with Crippen molar-refractivity contribution in [3.8, 4) is 0 Å². The molecular formula is C14H17F9O3. The Morgan fingerprint density at radius 1 is 0.962 bits per heavy atom. The molecule has 2 aliphatic rings. The highest BCUT2D eigenvalue weighted by Gasteiger charge is 2.71. The Balaban J connectivity index is 0.000000359. The van der Waals surface area contributed by atoms with Gasteiger partial charge in [0, 0.05) is 0 Å². The maximum atomic E-state index is 12.5. The molecule has 154 valence electrons. The number of alkyl halides is 9. The molecule has 0 heterocycles. The molecule has 12 heteroatoms. The van der Waals surface area contributed by atoms with Crippen molar-refractivity contribution >= 4 is 5.97 Å². The van der Waals surface area contributed by atoms with Crippen LogP contribution in [0.25, 0.3) is 0 Å². The first-order valence-corrected chi connectivity index (χ1v) is 7.54. The van der Waals surface area contributed by atoms with Crippen molar-refractivity contribution < 1.29 is 54.2 Å². The highest BCUT2D eigenvalue weighted by atomic mass is 19.4. The van der Waals surface area contributed by atoms with Crippen LogP contribution in [0.15, 0.2) is 0 Å². The molecule has 0 aromatic rings. The summed E-state index contributed by atoms with van der Waals surface area (Å²) in [6.45, 7) is 0. The lowest BCUT2D eigenvalue weighted by Crippen LogP contribution is -2.58. The first-order chi connectivity index (χ1) is 11.5. The van der Waals surface area contributed by atoms with E-state index in [1.165, 1.54) is 0 Å². The van der Waals surface area contributed by atoms with Gasteiger partial charge >= 0.3 is 24.5 Å². The van der Waals surface area contributed by atoms with Crippen LogP contribution in [0, 0.1) is 17.8 Å². The van der Waals surface area contributed by atoms with Gasteiger partial charge in [0.1, 0.15) is 0 Å². The average Bonchev–Trinajstić information content (AvgIpc) is 3.06. The summed E-state index contributed by atoms with van der Waals surface area (Å²) in [5.41, 5.74) is -4.56. The maximum absolute atomic E-state index is 12.5. The number of hydrogen-bond acceptors (Lipinski definition) is 3. The molecule has 2 fully saturated rings. The molecule has 0 aromatic heterocycles. The van der Waals surface area contributed by atoms with E-state index < -0.39 is 42.4 Å². The van der Waals surface area contributed by atoms with Crippen LogP contribution < -0.4 is 0 Å². The van der Waals surface area contributed by atoms with E-state index in [9.17, 15) is 44.3 Å². The van der Waals surface area contributed by atoms with Crippen LogP contribution in [0.1, 0.15) is 32.1 Å². The molecule has 0 radical (unpaired) electrons. The van der Waals surface area contributed by atoms with Gasteiger partial charge in [-0.2, -0.15) is 39.5 Å². The van der Waals surface area contributed by atoms with Crippen molar-refractivity contribution in [3.05, 3.63) is 0 Å². The van der Waals surface area contributed by atoms with Gasteiger partial charge in [0.15, 0.2) is 0 Å². The monoisotopic (exact) mass is 404 g/mol. The summed E-state index contributed by atoms with van der Waals surface area (Å²) >= 11 is 0. The number of ether oxygens (including phenoxy) is 1. The summed E-state index contributed by atoms with van der Waals surface area (Å²) in [5.74, 6) is -2.69. The van der Waals surface area contributed by atoms with E-state index >= 15 is 0 Å². The lowest BCUT2D eigenvalue weighted by molar-refractivity contribution is -0.373. The molecule has 1 N–H and O–H groups in total. The predicted octanol–water partition coefficient (Wildman–Crippen LogP) is 4.39. The molecule has 2 rings (SSSR count). The lowest BCUT2D eigenvalue weighted by Gasteiger charge is -2.36. The van der Waals surface area contributed by atoms with Crippen LogP contribution in [0.4, 0.5) is 39.5 Å². The highest BCUT2D eigenvalue weighted by Crippen LogP contribution is 2.55. The Hall–Kier alpha value is -1.20. The Kier molecular flexibility index (Phi) is 6.53. The second-order valence-electron chi connectivity index (χ2n) is 6.48. The minimum absolute atomic E-state index is 0.0915. The van der Waals surface area contributed by atoms with Crippen molar-refractivity contribution in [1.29, 1.82) is 0 Å². The fourth-order valence-corrected chi connectivity index (χ4v) is 3.51. The molecule has 0 aromatic carbocycles. The SMILES string of the molecule is COC(=O)C(F)(F)F.OC(CC1CC2CCC1C2)(C(F)(F)F)C(F)(F)F. The molecule has 0 saturated heterocycles. The zero-order chi connectivity index (χ0) is 20.6. The number of carbonyl (C=O) groups is 1. The molecule has 3 atom stereocenters. The minimum atomic E-state index is -5.67. The third-order valence-electron chi connectivity index (χ3n) is 4.80. The molecule has 2 bridgehead atoms. The number of rotatable bonds is 2. The first-order valence-electron chi connectivity index (χ1n) is 7.54. The number of carbonyl (C=O) groups excluding carboxylic acids is 1. The van der Waals surface area contributed by atoms with Crippen molar-refractivity contribution in [2.45, 2.75) is 56.2 Å². The zero-order valence-electron chi connectivity index (χ0n) is 13.4. The quantitative estimate of drug-likeness (QED) is 0.549. The normalized spacial score (nSPS) is 26.3. The molecule has 0 amide bonds. The largest absolute Gasteiger partial charge is 0.490 e. The van der Waals surface area contributed by atoms with Gasteiger partial charge in [-0.1, -0.05) is 6.42 Å². The van der Waals surface area contributed by atoms with Gasteiger partial charge in [0.25, 0.3) is 5.60 Å². The van der Waals surface area contributed by atoms with E-state index in [-0.39, 0.29) is 11.8 Å². The Morgan fingerprint density at radius 2 is 1.46 bits per heavy atom. The van der Waals surface area contributed by atoms with Crippen LogP contribution in [-0.4, -0.2) is 42.3 Å². The predicted molar refractivity (Wildman–Crippen MR) is 68.7 cm³/mol. The summed E-state index contributed by atoms with van der Waals surface area (Å²) < 4.78 is 111. The fraction of sp³-hybridized carbons (Fsp3) is 0.929. The molecular weight excluding hydrogens is 387 g/mol. The number of esters is 1. The van der Waals surface area contributed by atoms with E-state index in [2.05, 4.69) is 4.74 Å². The van der Waals surface area contributed by atoms with Gasteiger partial charge in [-0.3, -0.25) is 0 Å². The Bertz CT molecular complexity index is 481. The van der Waals surface area contributed by atoms with Gasteiger partial charge in [0.2, 0.25) is 0 Å². The number of methoxy groups -OCH3 is 1. The van der Waals surface area contributed by atoms with E-state index in [4.69, 9.17) is 5.11 Å². The molecule has 3 unspecified atom stereocenters. The smallest absolute Gasteiger partial charge is 0.462 e. The Labute approximate surface area is 142 Å². The number of aliphatic hydroxyl groups is 1. The summed E-state index contributed by atoms with van der Waals surface area (Å²) in [6, 6.07) is 0. The molecule has 0 aliphatic heterocycles. The van der Waals surface area contributed by atoms with Crippen molar-refractivity contribution in [1.82, 2.24) is 0 Å². The van der Waals surface area contributed by atoms with Gasteiger partial charge in [-0.05, 0) is 43.4 Å². The van der Waals surface area contributed by atoms with E-state index in [0.717, 1.165) is 6.42 Å². The van der Waals surface area contributed by atoms with Crippen LogP contribution in [0.3, 0.4) is 0 Å². The zero-order valence-corrected chi connectivity index (χ0v) is 13.4. The first kappa shape index (κ1) is 22.8. The number of halogens is 9. The number of fused-ring (bicyclic) bond motifs is 2. The third-order valence-corrected chi connectivity index (χ3v) is 4.80. The summed E-state index contributed by atoms with van der Waals surface area (Å²) in [6.07, 6.45) is -14.8. The van der Waals surface area contributed by atoms with E-state index in [0.29, 0.717) is 26.4 Å². The molecule has 2 aliphatic carbocycles. The van der Waals surface area contributed by atoms with Crippen LogP contribution in [0.5, 0.6) is 0 Å². The second kappa shape index (κ2) is 7.43. The van der Waals surface area contributed by atoms with Gasteiger partial charge < -0.3 is 9.84 Å². The van der Waals surface area contributed by atoms with Gasteiger partial charge in [-0.15, -0.1) is 0 Å². The van der Waals surface area contributed by atoms with Gasteiger partial charge in [-0.25, -0.2) is 4.79 Å². The van der Waals surface area contributed by atoms with E-state index in [1.807, 2.05) is 0 Å². The summed E-state index contributed by atoms with van der Waals surface area (Å²) in [4.78, 5) is 9.49. The van der Waals surface area contributed by atoms with Crippen molar-refractivity contribution in [2.24, 2.45) is 17.8 Å².